The van der Waals surface area contributed by atoms with Crippen LogP contribution in [0.3, 0.4) is 0 Å². The molecule has 0 spiro atoms. The smallest absolute Gasteiger partial charge is 0.240 e. The molecule has 0 fully saturated rings. The van der Waals surface area contributed by atoms with Crippen LogP contribution in [0, 0.1) is 0 Å². The second kappa shape index (κ2) is 15.4. The average Bonchev–Trinajstić information content (AvgIpc) is 4.05. The lowest BCUT2D eigenvalue weighted by molar-refractivity contribution is 0.769. The molecule has 0 saturated heterocycles. The van der Waals surface area contributed by atoms with Gasteiger partial charge in [0.1, 0.15) is 0 Å². The Morgan fingerprint density at radius 1 is 0.290 bits per heavy atom. The van der Waals surface area contributed by atoms with Gasteiger partial charge in [-0.05, 0) is 86.0 Å². The molecule has 0 atom stereocenters. The number of fused-ring (bicyclic) bond motifs is 9. The van der Waals surface area contributed by atoms with Crippen LogP contribution in [0.15, 0.2) is 249 Å². The van der Waals surface area contributed by atoms with Crippen molar-refractivity contribution in [1.82, 2.24) is 24.1 Å². The van der Waals surface area contributed by atoms with Crippen LogP contribution in [-0.2, 0) is 5.41 Å². The minimum absolute atomic E-state index is 0.541. The molecule has 1 aliphatic rings. The highest BCUT2D eigenvalue weighted by Gasteiger charge is 2.46. The van der Waals surface area contributed by atoms with E-state index in [1.165, 1.54) is 33.4 Å². The highest BCUT2D eigenvalue weighted by atomic mass is 15.3. The van der Waals surface area contributed by atoms with Gasteiger partial charge in [0.05, 0.1) is 27.5 Å². The molecule has 69 heavy (non-hydrogen) atoms. The van der Waals surface area contributed by atoms with Gasteiger partial charge in [-0.3, -0.25) is 9.13 Å². The predicted molar refractivity (Wildman–Crippen MR) is 282 cm³/mol. The van der Waals surface area contributed by atoms with E-state index in [1.807, 2.05) is 6.07 Å². The summed E-state index contributed by atoms with van der Waals surface area (Å²) in [5, 5.41) is 4.55. The summed E-state index contributed by atoms with van der Waals surface area (Å²) < 4.78 is 4.49. The van der Waals surface area contributed by atoms with Crippen molar-refractivity contribution in [3.8, 4) is 56.7 Å². The van der Waals surface area contributed by atoms with Crippen LogP contribution in [0.25, 0.3) is 100 Å². The number of aromatic nitrogens is 5. The minimum atomic E-state index is -0.584. The summed E-state index contributed by atoms with van der Waals surface area (Å²) in [6.07, 6.45) is 0. The molecular formula is C64H41N5. The summed E-state index contributed by atoms with van der Waals surface area (Å²) in [5.41, 5.74) is 16.4. The molecule has 0 unspecified atom stereocenters. The van der Waals surface area contributed by atoms with Crippen molar-refractivity contribution in [3.05, 3.63) is 271 Å². The first-order valence-corrected chi connectivity index (χ1v) is 23.5. The van der Waals surface area contributed by atoms with Crippen LogP contribution in [-0.4, -0.2) is 24.1 Å². The third-order valence-electron chi connectivity index (χ3n) is 14.3. The molecule has 0 N–H and O–H groups in total. The van der Waals surface area contributed by atoms with Gasteiger partial charge in [0.25, 0.3) is 0 Å². The Kier molecular flexibility index (Phi) is 8.73. The first-order valence-electron chi connectivity index (χ1n) is 23.5. The molecule has 13 aromatic rings. The molecule has 0 bridgehead atoms. The molecule has 10 aromatic carbocycles. The van der Waals surface area contributed by atoms with Gasteiger partial charge < -0.3 is 0 Å². The zero-order valence-electron chi connectivity index (χ0n) is 37.4. The summed E-state index contributed by atoms with van der Waals surface area (Å²) in [7, 11) is 0. The quantitative estimate of drug-likeness (QED) is 0.160. The van der Waals surface area contributed by atoms with Gasteiger partial charge in [-0.2, -0.15) is 15.0 Å². The van der Waals surface area contributed by atoms with Crippen molar-refractivity contribution in [2.24, 2.45) is 0 Å². The van der Waals surface area contributed by atoms with Gasteiger partial charge in [-0.1, -0.05) is 218 Å². The zero-order valence-corrected chi connectivity index (χ0v) is 37.4. The van der Waals surface area contributed by atoms with E-state index in [0.29, 0.717) is 17.7 Å². The van der Waals surface area contributed by atoms with Crippen molar-refractivity contribution < 1.29 is 0 Å². The average molecular weight is 880 g/mol. The number of benzene rings is 10. The normalized spacial score (nSPS) is 12.8. The lowest BCUT2D eigenvalue weighted by atomic mass is 9.67. The summed E-state index contributed by atoms with van der Waals surface area (Å²) in [6.45, 7) is 0. The SMILES string of the molecule is c1ccc(-c2ccc(-c3nc(-n4c5ccccc5c5cc6c(cc54)C(c4ccccc4)(c4ccccc4)c4ccccc4-6)nc(-n4c5ccccc5c5c(-c6ccccc6)cccc54)n3)cc2)cc1. The van der Waals surface area contributed by atoms with Crippen molar-refractivity contribution in [2.75, 3.05) is 0 Å². The van der Waals surface area contributed by atoms with Crippen molar-refractivity contribution in [1.29, 1.82) is 0 Å². The molecule has 5 heteroatoms. The largest absolute Gasteiger partial charge is 0.278 e. The predicted octanol–water partition coefficient (Wildman–Crippen LogP) is 15.4. The van der Waals surface area contributed by atoms with Crippen molar-refractivity contribution >= 4 is 43.6 Å². The molecule has 0 radical (unpaired) electrons. The van der Waals surface area contributed by atoms with Gasteiger partial charge in [-0.25, -0.2) is 0 Å². The third kappa shape index (κ3) is 5.87. The fourth-order valence-electron chi connectivity index (χ4n) is 11.3. The monoisotopic (exact) mass is 879 g/mol. The van der Waals surface area contributed by atoms with Gasteiger partial charge in [0.2, 0.25) is 11.9 Å². The summed E-state index contributed by atoms with van der Waals surface area (Å²) in [4.78, 5) is 16.5. The van der Waals surface area contributed by atoms with E-state index >= 15 is 0 Å². The van der Waals surface area contributed by atoms with E-state index in [1.54, 1.807) is 0 Å². The first-order chi connectivity index (χ1) is 34.2. The number of rotatable bonds is 7. The molecule has 0 saturated carbocycles. The maximum atomic E-state index is 5.60. The van der Waals surface area contributed by atoms with Crippen LogP contribution < -0.4 is 0 Å². The Balaban J connectivity index is 1.08. The van der Waals surface area contributed by atoms with Gasteiger partial charge in [0, 0.05) is 27.1 Å². The minimum Gasteiger partial charge on any atom is -0.278 e. The molecule has 14 rings (SSSR count). The molecular weight excluding hydrogens is 839 g/mol. The fraction of sp³-hybridized carbons (Fsp3) is 0.0156. The molecule has 0 amide bonds. The maximum Gasteiger partial charge on any atom is 0.240 e. The van der Waals surface area contributed by atoms with Gasteiger partial charge >= 0.3 is 0 Å². The first kappa shape index (κ1) is 39.0. The van der Waals surface area contributed by atoms with Crippen LogP contribution in [0.4, 0.5) is 0 Å². The molecule has 0 aliphatic heterocycles. The summed E-state index contributed by atoms with van der Waals surface area (Å²) >= 11 is 0. The standard InChI is InChI=1S/C64H41N5/c1-5-20-42(21-6-1)43-36-38-45(39-37-43)61-65-62(68-57-34-18-15-30-51(57)60-48(31-19-35-58(60)68)44-22-7-2-8-23-44)67-63(66-61)69-56-33-17-14-29-50(56)53-40-52-49-28-13-16-32-54(49)64(55(52)41-59(53)69,46-24-9-3-10-25-46)47-26-11-4-12-27-47/h1-41H. The Morgan fingerprint density at radius 2 is 0.783 bits per heavy atom. The van der Waals surface area contributed by atoms with E-state index < -0.39 is 5.41 Å². The lowest BCUT2D eigenvalue weighted by Crippen LogP contribution is -2.28. The number of nitrogens with zero attached hydrogens (tertiary/aromatic N) is 5. The summed E-state index contributed by atoms with van der Waals surface area (Å²) in [6, 6.07) is 89.3. The van der Waals surface area contributed by atoms with Gasteiger partial charge in [-0.15, -0.1) is 0 Å². The van der Waals surface area contributed by atoms with Gasteiger partial charge in [0.15, 0.2) is 5.82 Å². The Hall–Kier alpha value is -9.19. The van der Waals surface area contributed by atoms with E-state index in [0.717, 1.165) is 71.4 Å². The molecule has 1 aliphatic carbocycles. The third-order valence-corrected chi connectivity index (χ3v) is 14.3. The topological polar surface area (TPSA) is 48.5 Å². The van der Waals surface area contributed by atoms with E-state index in [2.05, 4.69) is 252 Å². The van der Waals surface area contributed by atoms with Crippen LogP contribution in [0.2, 0.25) is 0 Å². The van der Waals surface area contributed by atoms with Crippen molar-refractivity contribution in [3.63, 3.8) is 0 Å². The number of para-hydroxylation sites is 2. The maximum absolute atomic E-state index is 5.60. The Labute approximate surface area is 398 Å². The highest BCUT2D eigenvalue weighted by Crippen LogP contribution is 2.57. The van der Waals surface area contributed by atoms with Crippen LogP contribution in [0.1, 0.15) is 22.3 Å². The molecule has 322 valence electrons. The Morgan fingerprint density at radius 3 is 1.46 bits per heavy atom. The van der Waals surface area contributed by atoms with Crippen LogP contribution >= 0.6 is 0 Å². The second-order valence-electron chi connectivity index (χ2n) is 17.9. The molecule has 3 aromatic heterocycles. The van der Waals surface area contributed by atoms with E-state index in [-0.39, 0.29) is 0 Å². The van der Waals surface area contributed by atoms with E-state index in [9.17, 15) is 0 Å². The number of hydrogen-bond acceptors (Lipinski definition) is 3. The van der Waals surface area contributed by atoms with Crippen LogP contribution in [0.5, 0.6) is 0 Å². The Bertz CT molecular complexity index is 4060. The summed E-state index contributed by atoms with van der Waals surface area (Å²) in [5.74, 6) is 1.67. The highest BCUT2D eigenvalue weighted by molar-refractivity contribution is 6.16. The lowest BCUT2D eigenvalue weighted by Gasteiger charge is -2.34. The van der Waals surface area contributed by atoms with E-state index in [4.69, 9.17) is 15.0 Å². The zero-order chi connectivity index (χ0) is 45.5. The molecule has 3 heterocycles. The molecule has 5 nitrogen and oxygen atoms in total. The second-order valence-corrected chi connectivity index (χ2v) is 17.9. The fourth-order valence-corrected chi connectivity index (χ4v) is 11.3. The number of hydrogen-bond donors (Lipinski definition) is 0. The van der Waals surface area contributed by atoms with Crippen molar-refractivity contribution in [2.45, 2.75) is 5.41 Å².